The Balaban J connectivity index is 1.94. The number of nitriles is 1. The molecule has 1 amide bonds. The van der Waals surface area contributed by atoms with Gasteiger partial charge in [0, 0.05) is 17.6 Å². The molecule has 5 N–H and O–H groups in total. The zero-order chi connectivity index (χ0) is 24.7. The van der Waals surface area contributed by atoms with E-state index < -0.39 is 42.0 Å². The first-order valence-electron chi connectivity index (χ1n) is 9.51. The zero-order valence-corrected chi connectivity index (χ0v) is 19.0. The first-order valence-corrected chi connectivity index (χ1v) is 12.2. The van der Waals surface area contributed by atoms with Crippen molar-refractivity contribution in [2.45, 2.75) is 41.5 Å². The van der Waals surface area contributed by atoms with E-state index in [-0.39, 0.29) is 41.4 Å². The Hall–Kier alpha value is -2.27. The first kappa shape index (κ1) is 23.9. The summed E-state index contributed by atoms with van der Waals surface area (Å²) in [6, 6.07) is 1.93. The van der Waals surface area contributed by atoms with Gasteiger partial charge in [-0.15, -0.1) is 0 Å². The lowest BCUT2D eigenvalue weighted by Gasteiger charge is -2.40. The van der Waals surface area contributed by atoms with Gasteiger partial charge in [-0.3, -0.25) is 4.79 Å². The maximum Gasteiger partial charge on any atom is 0.310 e. The second kappa shape index (κ2) is 6.44. The van der Waals surface area contributed by atoms with Crippen LogP contribution in [0.1, 0.15) is 36.9 Å². The fraction of sp³-hybridized carbons (Fsp3) is 0.389. The van der Waals surface area contributed by atoms with Gasteiger partial charge in [-0.1, -0.05) is 42.6 Å². The van der Waals surface area contributed by atoms with Crippen LogP contribution in [-0.2, 0) is 10.2 Å². The van der Waals surface area contributed by atoms with Crippen LogP contribution in [0.2, 0.25) is 10.0 Å². The lowest BCUT2D eigenvalue weighted by Crippen LogP contribution is -2.33. The molecule has 1 aromatic carbocycles. The van der Waals surface area contributed by atoms with E-state index in [9.17, 15) is 29.5 Å². The average Bonchev–Trinajstić information content (AvgIpc) is 3.57. The van der Waals surface area contributed by atoms with Crippen molar-refractivity contribution in [3.63, 3.8) is 0 Å². The van der Waals surface area contributed by atoms with Crippen molar-refractivity contribution >= 4 is 45.2 Å². The third-order valence-corrected chi connectivity index (χ3v) is 7.54. The molecule has 2 saturated carbocycles. The molecule has 33 heavy (non-hydrogen) atoms. The van der Waals surface area contributed by atoms with Crippen LogP contribution in [0.4, 0.5) is 25.2 Å². The highest BCUT2D eigenvalue weighted by Gasteiger charge is 2.65. The predicted molar refractivity (Wildman–Crippen MR) is 114 cm³/mol. The van der Waals surface area contributed by atoms with Crippen LogP contribution >= 0.6 is 33.4 Å². The minimum atomic E-state index is -10.1. The SMILES string of the molecule is N#Cc1nn(-c2c(Cl)cc(S(F)(F)(F)(F)F)cc2Cl)c(NCC2(N)CC2)c1C1(C(N)=O)CC1. The quantitative estimate of drug-likeness (QED) is 0.428. The van der Waals surface area contributed by atoms with Gasteiger partial charge in [0.2, 0.25) is 5.91 Å². The highest BCUT2D eigenvalue weighted by atomic mass is 35.5. The molecule has 2 fully saturated rings. The predicted octanol–water partition coefficient (Wildman–Crippen LogP) is 5.13. The summed E-state index contributed by atoms with van der Waals surface area (Å²) in [4.78, 5) is 9.92. The summed E-state index contributed by atoms with van der Waals surface area (Å²) < 4.78 is 67.4. The van der Waals surface area contributed by atoms with E-state index in [1.807, 2.05) is 6.07 Å². The molecule has 180 valence electrons. The van der Waals surface area contributed by atoms with Crippen LogP contribution in [0.5, 0.6) is 0 Å². The Morgan fingerprint density at radius 2 is 1.73 bits per heavy atom. The monoisotopic (exact) mass is 530 g/mol. The van der Waals surface area contributed by atoms with E-state index in [0.717, 1.165) is 4.68 Å². The lowest BCUT2D eigenvalue weighted by atomic mass is 9.94. The molecule has 0 saturated heterocycles. The zero-order valence-electron chi connectivity index (χ0n) is 16.6. The van der Waals surface area contributed by atoms with Gasteiger partial charge in [0.15, 0.2) is 5.69 Å². The summed E-state index contributed by atoms with van der Waals surface area (Å²) in [7, 11) is -10.1. The van der Waals surface area contributed by atoms with Crippen LogP contribution in [0.3, 0.4) is 0 Å². The molecular formula is C18H17Cl2F5N6OS. The number of nitrogens with zero attached hydrogens (tertiary/aromatic N) is 3. The number of anilines is 1. The number of aromatic nitrogens is 2. The van der Waals surface area contributed by atoms with Crippen LogP contribution in [0, 0.1) is 11.3 Å². The maximum atomic E-state index is 13.3. The van der Waals surface area contributed by atoms with Crippen molar-refractivity contribution in [3.05, 3.63) is 33.4 Å². The third-order valence-electron chi connectivity index (χ3n) is 5.84. The number of benzene rings is 1. The molecule has 7 nitrogen and oxygen atoms in total. The van der Waals surface area contributed by atoms with Crippen molar-refractivity contribution in [1.29, 1.82) is 5.26 Å². The first-order chi connectivity index (χ1) is 14.9. The normalized spacial score (nSPS) is 20.3. The summed E-state index contributed by atoms with van der Waals surface area (Å²) in [5.41, 5.74) is 9.40. The van der Waals surface area contributed by atoms with Crippen molar-refractivity contribution in [1.82, 2.24) is 9.78 Å². The molecule has 15 heteroatoms. The molecule has 1 heterocycles. The molecule has 0 radical (unpaired) electrons. The van der Waals surface area contributed by atoms with Crippen molar-refractivity contribution < 1.29 is 24.2 Å². The van der Waals surface area contributed by atoms with E-state index in [1.165, 1.54) is 0 Å². The Labute approximate surface area is 194 Å². The van der Waals surface area contributed by atoms with E-state index in [1.54, 1.807) is 0 Å². The van der Waals surface area contributed by atoms with E-state index in [4.69, 9.17) is 34.7 Å². The summed E-state index contributed by atoms with van der Waals surface area (Å²) in [6.07, 6.45) is 2.01. The van der Waals surface area contributed by atoms with Crippen molar-refractivity contribution in [3.8, 4) is 11.8 Å². The van der Waals surface area contributed by atoms with E-state index >= 15 is 0 Å². The average molecular weight is 531 g/mol. The number of nitrogens with two attached hydrogens (primary N) is 2. The molecule has 2 aromatic rings. The number of amides is 1. The molecule has 0 bridgehead atoms. The van der Waals surface area contributed by atoms with Crippen LogP contribution < -0.4 is 16.8 Å². The smallest absolute Gasteiger partial charge is 0.310 e. The van der Waals surface area contributed by atoms with E-state index in [0.29, 0.717) is 25.7 Å². The van der Waals surface area contributed by atoms with E-state index in [2.05, 4.69) is 10.4 Å². The van der Waals surface area contributed by atoms with Crippen molar-refractivity contribution in [2.75, 3.05) is 11.9 Å². The largest absolute Gasteiger partial charge is 0.369 e. The molecule has 0 aliphatic heterocycles. The van der Waals surface area contributed by atoms with Crippen molar-refractivity contribution in [2.24, 2.45) is 11.5 Å². The van der Waals surface area contributed by atoms with Gasteiger partial charge >= 0.3 is 10.2 Å². The fourth-order valence-corrected chi connectivity index (χ4v) is 5.04. The van der Waals surface area contributed by atoms with Crippen LogP contribution in [0.15, 0.2) is 17.0 Å². The summed E-state index contributed by atoms with van der Waals surface area (Å²) in [6.45, 7) is 0.171. The number of carbonyl (C=O) groups excluding carboxylic acids is 1. The molecule has 0 atom stereocenters. The standard InChI is InChI=1S/C18H17Cl2F5N6OS/c19-10-5-9(33(21,22,23,24)25)6-11(20)14(10)31-15(29-8-17(28)1-2-17)13(12(7-26)30-31)18(3-4-18)16(27)32/h5-6,29H,1-4,8,28H2,(H2,27,32). The third kappa shape index (κ3) is 4.21. The molecule has 0 spiro atoms. The van der Waals surface area contributed by atoms with Crippen LogP contribution in [0.25, 0.3) is 5.69 Å². The highest BCUT2D eigenvalue weighted by molar-refractivity contribution is 8.45. The number of rotatable bonds is 7. The van der Waals surface area contributed by atoms with Gasteiger partial charge in [-0.2, -0.15) is 10.4 Å². The molecular weight excluding hydrogens is 514 g/mol. The molecule has 4 rings (SSSR count). The van der Waals surface area contributed by atoms with Gasteiger partial charge in [-0.25, -0.2) is 4.68 Å². The Morgan fingerprint density at radius 3 is 2.12 bits per heavy atom. The van der Waals surface area contributed by atoms with Crippen LogP contribution in [-0.4, -0.2) is 27.8 Å². The topological polar surface area (TPSA) is 123 Å². The fourth-order valence-electron chi connectivity index (χ4n) is 3.58. The highest BCUT2D eigenvalue weighted by Crippen LogP contribution is 3.02. The number of hydrogen-bond acceptors (Lipinski definition) is 5. The molecule has 2 aliphatic carbocycles. The minimum absolute atomic E-state index is 0.0310. The van der Waals surface area contributed by atoms with Gasteiger partial charge in [-0.05, 0) is 37.8 Å². The summed E-state index contributed by atoms with van der Waals surface area (Å²) >= 11 is 12.0. The number of hydrogen-bond donors (Lipinski definition) is 3. The summed E-state index contributed by atoms with van der Waals surface area (Å²) in [5, 5.41) is 15.1. The Morgan fingerprint density at radius 1 is 1.18 bits per heavy atom. The number of halogens is 7. The minimum Gasteiger partial charge on any atom is -0.369 e. The summed E-state index contributed by atoms with van der Waals surface area (Å²) in [5.74, 6) is -0.688. The Bertz CT molecular complexity index is 1230. The number of nitrogens with one attached hydrogen (secondary N) is 1. The van der Waals surface area contributed by atoms with Gasteiger partial charge < -0.3 is 16.8 Å². The molecule has 1 aromatic heterocycles. The lowest BCUT2D eigenvalue weighted by molar-refractivity contribution is -0.120. The molecule has 0 unspecified atom stereocenters. The van der Waals surface area contributed by atoms with Gasteiger partial charge in [0.1, 0.15) is 22.5 Å². The molecule has 2 aliphatic rings. The maximum absolute atomic E-state index is 13.3. The Kier molecular flexibility index (Phi) is 4.66. The number of primary amides is 1. The van der Waals surface area contributed by atoms with Gasteiger partial charge in [0.05, 0.1) is 15.5 Å². The van der Waals surface area contributed by atoms with Gasteiger partial charge in [0.25, 0.3) is 0 Å². The number of carbonyl (C=O) groups is 1. The second-order valence-electron chi connectivity index (χ2n) is 8.46. The second-order valence-corrected chi connectivity index (χ2v) is 11.7.